The lowest BCUT2D eigenvalue weighted by Crippen LogP contribution is -1.77. The molecule has 0 unspecified atom stereocenters. The molecular formula is C8H9OPS. The van der Waals surface area contributed by atoms with E-state index < -0.39 is 0 Å². The molecule has 1 aromatic carbocycles. The number of benzene rings is 1. The van der Waals surface area contributed by atoms with Gasteiger partial charge in [-0.2, -0.15) is 0 Å². The maximum atomic E-state index is 10.1. The van der Waals surface area contributed by atoms with E-state index in [1.165, 1.54) is 4.90 Å². The van der Waals surface area contributed by atoms with Crippen molar-refractivity contribution in [2.45, 2.75) is 4.90 Å². The maximum Gasteiger partial charge on any atom is 0.156 e. The van der Waals surface area contributed by atoms with Gasteiger partial charge in [0.05, 0.1) is 0 Å². The van der Waals surface area contributed by atoms with Crippen LogP contribution in [0.25, 0.3) is 0 Å². The number of rotatable bonds is 4. The minimum Gasteiger partial charge on any atom is -0.275 e. The second-order valence-electron chi connectivity index (χ2n) is 2.01. The smallest absolute Gasteiger partial charge is 0.156 e. The van der Waals surface area contributed by atoms with Crippen molar-refractivity contribution in [1.82, 2.24) is 0 Å². The topological polar surface area (TPSA) is 17.1 Å². The van der Waals surface area contributed by atoms with Crippen LogP contribution in [-0.2, 0) is 4.57 Å². The molecule has 0 aliphatic rings. The van der Waals surface area contributed by atoms with Crippen LogP contribution in [0.4, 0.5) is 0 Å². The van der Waals surface area contributed by atoms with Crippen LogP contribution in [0.2, 0.25) is 0 Å². The molecule has 0 aliphatic heterocycles. The Hall–Kier alpha value is -0.330. The van der Waals surface area contributed by atoms with Crippen LogP contribution < -0.4 is 0 Å². The molecule has 0 saturated heterocycles. The van der Waals surface area contributed by atoms with Crippen molar-refractivity contribution in [3.63, 3.8) is 0 Å². The van der Waals surface area contributed by atoms with Crippen molar-refractivity contribution in [2.24, 2.45) is 0 Å². The monoisotopic (exact) mass is 184 g/mol. The van der Waals surface area contributed by atoms with E-state index in [0.29, 0.717) is 0 Å². The van der Waals surface area contributed by atoms with Gasteiger partial charge in [0.2, 0.25) is 0 Å². The standard InChI is InChI=1S/C8H9OPS/c9-10-6-7-11-8-4-2-1-3-5-8/h1-5H,6-7H2. The molecular weight excluding hydrogens is 175 g/mol. The fraction of sp³-hybridized carbons (Fsp3) is 0.250. The maximum absolute atomic E-state index is 10.1. The average molecular weight is 184 g/mol. The molecule has 0 atom stereocenters. The summed E-state index contributed by atoms with van der Waals surface area (Å²) in [6.07, 6.45) is 0.736. The minimum atomic E-state index is 0.244. The number of hydrogen-bond donors (Lipinski definition) is 0. The highest BCUT2D eigenvalue weighted by Gasteiger charge is 1.90. The summed E-state index contributed by atoms with van der Waals surface area (Å²) in [6.45, 7) is 0. The Morgan fingerprint density at radius 2 is 2.00 bits per heavy atom. The van der Waals surface area contributed by atoms with E-state index in [2.05, 4.69) is 12.1 Å². The lowest BCUT2D eigenvalue weighted by Gasteiger charge is -1.95. The summed E-state index contributed by atoms with van der Waals surface area (Å²) in [6, 6.07) is 10.1. The number of thioether (sulfide) groups is 1. The van der Waals surface area contributed by atoms with Crippen LogP contribution >= 0.6 is 20.2 Å². The fourth-order valence-corrected chi connectivity index (χ4v) is 1.97. The first-order valence-corrected chi connectivity index (χ1v) is 5.39. The minimum absolute atomic E-state index is 0.244. The molecule has 1 rings (SSSR count). The van der Waals surface area contributed by atoms with Crippen LogP contribution in [0, 0.1) is 0 Å². The van der Waals surface area contributed by atoms with Gasteiger partial charge in [0.1, 0.15) is 0 Å². The first-order valence-electron chi connectivity index (χ1n) is 3.40. The number of hydrogen-bond acceptors (Lipinski definition) is 2. The summed E-state index contributed by atoms with van der Waals surface area (Å²) in [5.41, 5.74) is 0. The summed E-state index contributed by atoms with van der Waals surface area (Å²) in [5, 5.41) is 0. The average Bonchev–Trinajstić information content (AvgIpc) is 2.07. The molecule has 3 heteroatoms. The highest BCUT2D eigenvalue weighted by Crippen LogP contribution is 2.17. The SMILES string of the molecule is O=PCCSc1ccccc1. The van der Waals surface area contributed by atoms with Crippen LogP contribution in [-0.4, -0.2) is 11.9 Å². The van der Waals surface area contributed by atoms with Gasteiger partial charge in [-0.1, -0.05) is 18.2 Å². The van der Waals surface area contributed by atoms with Gasteiger partial charge in [-0.15, -0.1) is 11.8 Å². The summed E-state index contributed by atoms with van der Waals surface area (Å²) >= 11 is 1.74. The first kappa shape index (κ1) is 8.76. The Morgan fingerprint density at radius 3 is 2.64 bits per heavy atom. The van der Waals surface area contributed by atoms with Gasteiger partial charge in [-0.3, -0.25) is 4.57 Å². The highest BCUT2D eigenvalue weighted by molar-refractivity contribution is 7.99. The third-order valence-electron chi connectivity index (χ3n) is 1.19. The van der Waals surface area contributed by atoms with Gasteiger partial charge in [-0.25, -0.2) is 0 Å². The van der Waals surface area contributed by atoms with Crippen molar-refractivity contribution in [3.8, 4) is 0 Å². The Kier molecular flexibility index (Phi) is 4.25. The van der Waals surface area contributed by atoms with Gasteiger partial charge >= 0.3 is 0 Å². The van der Waals surface area contributed by atoms with Gasteiger partial charge in [-0.05, 0) is 12.1 Å². The van der Waals surface area contributed by atoms with E-state index in [0.717, 1.165) is 11.9 Å². The molecule has 0 heterocycles. The largest absolute Gasteiger partial charge is 0.275 e. The zero-order valence-corrected chi connectivity index (χ0v) is 7.78. The van der Waals surface area contributed by atoms with Gasteiger partial charge < -0.3 is 0 Å². The molecule has 0 aliphatic carbocycles. The Balaban J connectivity index is 2.33. The predicted molar refractivity (Wildman–Crippen MR) is 49.6 cm³/mol. The molecule has 0 aromatic heterocycles. The molecule has 0 spiro atoms. The Bertz CT molecular complexity index is 213. The van der Waals surface area contributed by atoms with Crippen molar-refractivity contribution in [1.29, 1.82) is 0 Å². The van der Waals surface area contributed by atoms with E-state index in [1.54, 1.807) is 11.8 Å². The Labute approximate surface area is 72.4 Å². The summed E-state index contributed by atoms with van der Waals surface area (Å²) in [5.74, 6) is 0.926. The molecule has 0 radical (unpaired) electrons. The highest BCUT2D eigenvalue weighted by atomic mass is 32.2. The van der Waals surface area contributed by atoms with Crippen LogP contribution in [0.15, 0.2) is 35.2 Å². The quantitative estimate of drug-likeness (QED) is 0.406. The summed E-state index contributed by atoms with van der Waals surface area (Å²) < 4.78 is 10.1. The molecule has 0 saturated carbocycles. The molecule has 58 valence electrons. The van der Waals surface area contributed by atoms with E-state index in [1.807, 2.05) is 18.2 Å². The van der Waals surface area contributed by atoms with Crippen molar-refractivity contribution in [2.75, 3.05) is 11.9 Å². The second-order valence-corrected chi connectivity index (χ2v) is 3.89. The van der Waals surface area contributed by atoms with E-state index >= 15 is 0 Å². The van der Waals surface area contributed by atoms with Gasteiger partial charge in [0.15, 0.2) is 8.46 Å². The van der Waals surface area contributed by atoms with Crippen LogP contribution in [0.1, 0.15) is 0 Å². The summed E-state index contributed by atoms with van der Waals surface area (Å²) in [4.78, 5) is 1.25. The van der Waals surface area contributed by atoms with Crippen LogP contribution in [0.5, 0.6) is 0 Å². The predicted octanol–water partition coefficient (Wildman–Crippen LogP) is 3.07. The zero-order chi connectivity index (χ0) is 7.94. The molecule has 0 bridgehead atoms. The molecule has 1 aromatic rings. The van der Waals surface area contributed by atoms with Crippen molar-refractivity contribution >= 4 is 20.2 Å². The van der Waals surface area contributed by atoms with E-state index in [9.17, 15) is 4.57 Å². The Morgan fingerprint density at radius 1 is 1.27 bits per heavy atom. The van der Waals surface area contributed by atoms with E-state index in [4.69, 9.17) is 0 Å². The zero-order valence-electron chi connectivity index (χ0n) is 6.06. The molecule has 1 nitrogen and oxygen atoms in total. The normalized spacial score (nSPS) is 10.2. The lowest BCUT2D eigenvalue weighted by molar-refractivity contribution is 0.599. The molecule has 0 fully saturated rings. The van der Waals surface area contributed by atoms with Gasteiger partial charge in [0, 0.05) is 16.8 Å². The lowest BCUT2D eigenvalue weighted by atomic mass is 10.4. The molecule has 0 N–H and O–H groups in total. The van der Waals surface area contributed by atoms with Gasteiger partial charge in [0.25, 0.3) is 0 Å². The summed E-state index contributed by atoms with van der Waals surface area (Å²) in [7, 11) is 0.244. The molecule has 0 amide bonds. The van der Waals surface area contributed by atoms with Crippen LogP contribution in [0.3, 0.4) is 0 Å². The van der Waals surface area contributed by atoms with Crippen molar-refractivity contribution in [3.05, 3.63) is 30.3 Å². The molecule has 11 heavy (non-hydrogen) atoms. The fourth-order valence-electron chi connectivity index (χ4n) is 0.717. The first-order chi connectivity index (χ1) is 5.43. The van der Waals surface area contributed by atoms with E-state index in [-0.39, 0.29) is 8.46 Å². The third kappa shape index (κ3) is 3.54. The third-order valence-corrected chi connectivity index (χ3v) is 2.92. The second kappa shape index (κ2) is 5.34. The van der Waals surface area contributed by atoms with Crippen molar-refractivity contribution < 1.29 is 4.57 Å².